The molecule has 0 bridgehead atoms. The fourth-order valence-electron chi connectivity index (χ4n) is 2.93. The third kappa shape index (κ3) is 4.25. The topological polar surface area (TPSA) is 49.3 Å². The summed E-state index contributed by atoms with van der Waals surface area (Å²) in [5.74, 6) is 1.21. The number of hydrogen-bond donors (Lipinski definition) is 2. The summed E-state index contributed by atoms with van der Waals surface area (Å²) in [6.45, 7) is 0.339. The Morgan fingerprint density at radius 3 is 2.59 bits per heavy atom. The van der Waals surface area contributed by atoms with Crippen LogP contribution in [-0.2, 0) is 0 Å². The van der Waals surface area contributed by atoms with Gasteiger partial charge in [0.25, 0.3) is 0 Å². The van der Waals surface area contributed by atoms with E-state index in [1.165, 1.54) is 12.8 Å². The van der Waals surface area contributed by atoms with E-state index in [9.17, 15) is 9.90 Å². The van der Waals surface area contributed by atoms with Crippen LogP contribution in [0.5, 0.6) is 0 Å². The molecule has 1 aromatic carbocycles. The van der Waals surface area contributed by atoms with Gasteiger partial charge in [-0.2, -0.15) is 0 Å². The van der Waals surface area contributed by atoms with Gasteiger partial charge < -0.3 is 0 Å². The van der Waals surface area contributed by atoms with Crippen LogP contribution >= 0.6 is 20.0 Å². The summed E-state index contributed by atoms with van der Waals surface area (Å²) in [6, 6.07) is 9.82. The van der Waals surface area contributed by atoms with Crippen LogP contribution in [0.2, 0.25) is 4.71 Å². The SMILES string of the molecule is O=C(NC1CCC([As]2SCC(CO)S2)CC1)c1ccccc1. The standard InChI is InChI=1S/C16H22AsNO2S2/c19-10-15-11-21-17(22-15)13-6-8-14(9-7-13)18-16(20)12-4-2-1-3-5-12/h1-5,13-15,19H,6-11H2,(H,18,20). The molecule has 1 aliphatic heterocycles. The Kier molecular flexibility index (Phi) is 6.20. The zero-order valence-corrected chi connectivity index (χ0v) is 16.0. The van der Waals surface area contributed by atoms with E-state index in [-0.39, 0.29) is 5.91 Å². The Morgan fingerprint density at radius 2 is 1.95 bits per heavy atom. The molecule has 3 nitrogen and oxygen atoms in total. The van der Waals surface area contributed by atoms with Gasteiger partial charge in [0.15, 0.2) is 0 Å². The van der Waals surface area contributed by atoms with E-state index >= 15 is 0 Å². The predicted octanol–water partition coefficient (Wildman–Crippen LogP) is 3.06. The van der Waals surface area contributed by atoms with Crippen LogP contribution in [0.25, 0.3) is 0 Å². The van der Waals surface area contributed by atoms with E-state index in [4.69, 9.17) is 0 Å². The van der Waals surface area contributed by atoms with E-state index in [0.29, 0.717) is 17.9 Å². The van der Waals surface area contributed by atoms with Gasteiger partial charge >= 0.3 is 143 Å². The number of amides is 1. The molecule has 2 N–H and O–H groups in total. The molecule has 120 valence electrons. The summed E-state index contributed by atoms with van der Waals surface area (Å²) in [5, 5.41) is 12.9. The van der Waals surface area contributed by atoms with Gasteiger partial charge in [-0.05, 0) is 0 Å². The molecular weight excluding hydrogens is 377 g/mol. The van der Waals surface area contributed by atoms with Crippen LogP contribution < -0.4 is 5.32 Å². The molecule has 0 radical (unpaired) electrons. The average Bonchev–Trinajstić information content (AvgIpc) is 3.05. The summed E-state index contributed by atoms with van der Waals surface area (Å²) < 4.78 is 0.879. The van der Waals surface area contributed by atoms with E-state index in [1.54, 1.807) is 0 Å². The van der Waals surface area contributed by atoms with Crippen LogP contribution in [0.15, 0.2) is 30.3 Å². The van der Waals surface area contributed by atoms with Crippen molar-refractivity contribution in [3.63, 3.8) is 0 Å². The second-order valence-electron chi connectivity index (χ2n) is 5.84. The van der Waals surface area contributed by atoms with E-state index in [1.807, 2.05) is 30.3 Å². The van der Waals surface area contributed by atoms with Gasteiger partial charge in [0.2, 0.25) is 0 Å². The minimum atomic E-state index is -0.872. The number of carbonyl (C=O) groups excluding carboxylic acids is 1. The molecule has 1 heterocycles. The first-order chi connectivity index (χ1) is 10.8. The van der Waals surface area contributed by atoms with Gasteiger partial charge in [0.1, 0.15) is 0 Å². The van der Waals surface area contributed by atoms with Crippen molar-refractivity contribution in [2.24, 2.45) is 0 Å². The molecular formula is C16H22AsNO2S2. The normalized spacial score (nSPS) is 31.9. The molecule has 0 aromatic heterocycles. The average molecular weight is 399 g/mol. The summed E-state index contributed by atoms with van der Waals surface area (Å²) in [6.07, 6.45) is 4.72. The van der Waals surface area contributed by atoms with Crippen LogP contribution in [0.3, 0.4) is 0 Å². The molecule has 6 heteroatoms. The van der Waals surface area contributed by atoms with Crippen molar-refractivity contribution in [1.29, 1.82) is 0 Å². The Labute approximate surface area is 143 Å². The summed E-state index contributed by atoms with van der Waals surface area (Å²) >= 11 is -0.872. The maximum atomic E-state index is 12.2. The van der Waals surface area contributed by atoms with E-state index in [2.05, 4.69) is 25.4 Å². The zero-order valence-electron chi connectivity index (χ0n) is 12.5. The number of rotatable bonds is 4. The van der Waals surface area contributed by atoms with Crippen molar-refractivity contribution >= 4 is 38.3 Å². The van der Waals surface area contributed by atoms with Crippen LogP contribution in [0, 0.1) is 0 Å². The fourth-order valence-corrected chi connectivity index (χ4v) is 21.0. The molecule has 2 fully saturated rings. The van der Waals surface area contributed by atoms with Crippen molar-refractivity contribution in [3.8, 4) is 0 Å². The second kappa shape index (κ2) is 8.14. The first-order valence-corrected chi connectivity index (χ1v) is 15.3. The molecule has 1 aliphatic carbocycles. The molecule has 1 aromatic rings. The third-order valence-corrected chi connectivity index (χ3v) is 20.2. The molecule has 2 atom stereocenters. The minimum absolute atomic E-state index is 0.0619. The summed E-state index contributed by atoms with van der Waals surface area (Å²) in [5.41, 5.74) is 0.757. The van der Waals surface area contributed by atoms with Crippen molar-refractivity contribution in [2.75, 3.05) is 12.4 Å². The number of hydrogen-bond acceptors (Lipinski definition) is 4. The van der Waals surface area contributed by atoms with Crippen LogP contribution in [-0.4, -0.2) is 47.0 Å². The fraction of sp³-hybridized carbons (Fsp3) is 0.562. The van der Waals surface area contributed by atoms with Crippen LogP contribution in [0.1, 0.15) is 36.0 Å². The Bertz CT molecular complexity index is 494. The third-order valence-electron chi connectivity index (χ3n) is 4.21. The Morgan fingerprint density at radius 1 is 1.23 bits per heavy atom. The van der Waals surface area contributed by atoms with Gasteiger partial charge in [-0.1, -0.05) is 0 Å². The van der Waals surface area contributed by atoms with Crippen LogP contribution in [0.4, 0.5) is 0 Å². The van der Waals surface area contributed by atoms with Gasteiger partial charge in [-0.25, -0.2) is 0 Å². The number of benzene rings is 1. The van der Waals surface area contributed by atoms with Gasteiger partial charge in [-0.3, -0.25) is 0 Å². The molecule has 2 unspecified atom stereocenters. The molecule has 1 amide bonds. The van der Waals surface area contributed by atoms with Gasteiger partial charge in [0, 0.05) is 0 Å². The first kappa shape index (κ1) is 16.8. The second-order valence-corrected chi connectivity index (χ2v) is 18.3. The molecule has 1 saturated carbocycles. The zero-order chi connectivity index (χ0) is 15.4. The van der Waals surface area contributed by atoms with Crippen molar-refractivity contribution < 1.29 is 9.90 Å². The van der Waals surface area contributed by atoms with E-state index in [0.717, 1.165) is 28.9 Å². The number of nitrogens with one attached hydrogen (secondary N) is 1. The quantitative estimate of drug-likeness (QED) is 0.765. The van der Waals surface area contributed by atoms with Gasteiger partial charge in [-0.15, -0.1) is 0 Å². The van der Waals surface area contributed by atoms with Crippen molar-refractivity contribution in [1.82, 2.24) is 5.32 Å². The molecule has 2 aliphatic rings. The first-order valence-electron chi connectivity index (χ1n) is 7.82. The summed E-state index contributed by atoms with van der Waals surface area (Å²) in [7, 11) is 4.26. The number of carbonyl (C=O) groups is 1. The Balaban J connectivity index is 1.45. The van der Waals surface area contributed by atoms with Crippen molar-refractivity contribution in [3.05, 3.63) is 35.9 Å². The molecule has 0 spiro atoms. The number of aliphatic hydroxyl groups excluding tert-OH is 1. The number of aliphatic hydroxyl groups is 1. The van der Waals surface area contributed by atoms with Gasteiger partial charge in [0.05, 0.1) is 0 Å². The Hall–Kier alpha value is -0.0916. The molecule has 22 heavy (non-hydrogen) atoms. The summed E-state index contributed by atoms with van der Waals surface area (Å²) in [4.78, 5) is 12.2. The van der Waals surface area contributed by atoms with Crippen molar-refractivity contribution in [2.45, 2.75) is 41.7 Å². The maximum absolute atomic E-state index is 12.2. The monoisotopic (exact) mass is 399 g/mol. The predicted molar refractivity (Wildman–Crippen MR) is 96.6 cm³/mol. The molecule has 1 saturated heterocycles. The van der Waals surface area contributed by atoms with E-state index < -0.39 is 12.3 Å². The molecule has 3 rings (SSSR count).